The number of nitriles is 1. The van der Waals surface area contributed by atoms with Crippen molar-refractivity contribution in [3.63, 3.8) is 0 Å². The molecule has 9 heteroatoms. The van der Waals surface area contributed by atoms with E-state index in [2.05, 4.69) is 21.4 Å². The van der Waals surface area contributed by atoms with E-state index < -0.39 is 6.04 Å². The first-order chi connectivity index (χ1) is 16.0. The molecule has 2 aromatic carbocycles. The molecular formula is C24H17ClN6O2. The summed E-state index contributed by atoms with van der Waals surface area (Å²) in [4.78, 5) is 21.7. The van der Waals surface area contributed by atoms with Gasteiger partial charge in [-0.2, -0.15) is 10.2 Å². The fourth-order valence-electron chi connectivity index (χ4n) is 3.88. The normalized spacial score (nSPS) is 12.0. The second-order valence-corrected chi connectivity index (χ2v) is 7.93. The van der Waals surface area contributed by atoms with Gasteiger partial charge < -0.3 is 15.5 Å². The molecule has 3 N–H and O–H groups in total. The standard InChI is InChI=1S/C24H17ClN6O2/c1-13(29-22-16(11-26)12-28-24(27)30-22)19-10-15-3-2-4-18(25)21(15)23(32)31(19)17-5-6-20-14(9-17)7-8-33-20/h2-10,12-13H,1H3,(H3,27,28,29,30)/t13-/m0/s1. The lowest BCUT2D eigenvalue weighted by Crippen LogP contribution is -2.26. The molecule has 3 heterocycles. The first-order valence-corrected chi connectivity index (χ1v) is 10.4. The van der Waals surface area contributed by atoms with Crippen LogP contribution in [0, 0.1) is 11.3 Å². The number of halogens is 1. The summed E-state index contributed by atoms with van der Waals surface area (Å²) >= 11 is 6.41. The highest BCUT2D eigenvalue weighted by Gasteiger charge is 2.20. The summed E-state index contributed by atoms with van der Waals surface area (Å²) in [7, 11) is 0. The number of hydrogen-bond donors (Lipinski definition) is 2. The maximum absolute atomic E-state index is 13.7. The van der Waals surface area contributed by atoms with Crippen molar-refractivity contribution in [2.75, 3.05) is 11.1 Å². The van der Waals surface area contributed by atoms with Gasteiger partial charge in [-0.1, -0.05) is 23.7 Å². The Morgan fingerprint density at radius 1 is 1.21 bits per heavy atom. The number of fused-ring (bicyclic) bond motifs is 2. The van der Waals surface area contributed by atoms with E-state index in [1.807, 2.05) is 43.3 Å². The number of nitrogens with zero attached hydrogens (tertiary/aromatic N) is 4. The van der Waals surface area contributed by atoms with Gasteiger partial charge in [-0.05, 0) is 48.7 Å². The van der Waals surface area contributed by atoms with Gasteiger partial charge in [-0.25, -0.2) is 4.98 Å². The van der Waals surface area contributed by atoms with Gasteiger partial charge >= 0.3 is 0 Å². The number of hydrogen-bond acceptors (Lipinski definition) is 7. The third-order valence-electron chi connectivity index (χ3n) is 5.44. The van der Waals surface area contributed by atoms with E-state index in [4.69, 9.17) is 21.8 Å². The highest BCUT2D eigenvalue weighted by atomic mass is 35.5. The Balaban J connectivity index is 1.74. The number of nitrogens with two attached hydrogens (primary N) is 1. The predicted molar refractivity (Wildman–Crippen MR) is 128 cm³/mol. The molecule has 0 saturated carbocycles. The number of aromatic nitrogens is 3. The Hall–Kier alpha value is -4.35. The summed E-state index contributed by atoms with van der Waals surface area (Å²) in [5.74, 6) is 0.324. The molecule has 0 aliphatic heterocycles. The first kappa shape index (κ1) is 20.5. The van der Waals surface area contributed by atoms with Crippen LogP contribution in [0.25, 0.3) is 27.4 Å². The Kier molecular flexibility index (Phi) is 4.96. The lowest BCUT2D eigenvalue weighted by molar-refractivity contribution is 0.616. The fraction of sp³-hybridized carbons (Fsp3) is 0.0833. The van der Waals surface area contributed by atoms with E-state index in [0.29, 0.717) is 32.8 Å². The smallest absolute Gasteiger partial charge is 0.264 e. The quantitative estimate of drug-likeness (QED) is 0.398. The van der Waals surface area contributed by atoms with E-state index in [1.54, 1.807) is 23.0 Å². The van der Waals surface area contributed by atoms with Crippen LogP contribution in [-0.2, 0) is 0 Å². The highest BCUT2D eigenvalue weighted by molar-refractivity contribution is 6.35. The van der Waals surface area contributed by atoms with E-state index in [1.165, 1.54) is 6.20 Å². The number of anilines is 2. The number of benzene rings is 2. The Morgan fingerprint density at radius 3 is 2.88 bits per heavy atom. The molecule has 0 aliphatic rings. The average Bonchev–Trinajstić information content (AvgIpc) is 3.27. The SMILES string of the molecule is C[C@H](Nc1nc(N)ncc1C#N)c1cc2cccc(Cl)c2c(=O)n1-c1ccc2occc2c1. The Labute approximate surface area is 192 Å². The number of pyridine rings is 1. The maximum atomic E-state index is 13.7. The van der Waals surface area contributed by atoms with Crippen molar-refractivity contribution in [3.8, 4) is 11.8 Å². The molecule has 33 heavy (non-hydrogen) atoms. The van der Waals surface area contributed by atoms with Crippen LogP contribution in [-0.4, -0.2) is 14.5 Å². The van der Waals surface area contributed by atoms with Gasteiger partial charge in [0.2, 0.25) is 5.95 Å². The van der Waals surface area contributed by atoms with Gasteiger partial charge in [0.1, 0.15) is 23.0 Å². The zero-order valence-electron chi connectivity index (χ0n) is 17.4. The van der Waals surface area contributed by atoms with Crippen LogP contribution in [0.2, 0.25) is 5.02 Å². The molecule has 0 unspecified atom stereocenters. The number of furan rings is 1. The predicted octanol–water partition coefficient (Wildman–Crippen LogP) is 4.81. The molecule has 5 aromatic rings. The molecular weight excluding hydrogens is 440 g/mol. The third-order valence-corrected chi connectivity index (χ3v) is 5.76. The van der Waals surface area contributed by atoms with Crippen molar-refractivity contribution in [3.05, 3.63) is 87.6 Å². The van der Waals surface area contributed by atoms with Gasteiger partial charge in [0.15, 0.2) is 0 Å². The molecule has 8 nitrogen and oxygen atoms in total. The minimum atomic E-state index is -0.428. The monoisotopic (exact) mass is 456 g/mol. The highest BCUT2D eigenvalue weighted by Crippen LogP contribution is 2.29. The van der Waals surface area contributed by atoms with Crippen LogP contribution < -0.4 is 16.6 Å². The van der Waals surface area contributed by atoms with Crippen LogP contribution >= 0.6 is 11.6 Å². The van der Waals surface area contributed by atoms with Crippen LogP contribution in [0.15, 0.2) is 70.2 Å². The van der Waals surface area contributed by atoms with Gasteiger partial charge in [-0.3, -0.25) is 9.36 Å². The molecule has 0 bridgehead atoms. The Bertz CT molecular complexity index is 1630. The first-order valence-electron chi connectivity index (χ1n) is 10.1. The third kappa shape index (κ3) is 3.54. The molecule has 0 spiro atoms. The summed E-state index contributed by atoms with van der Waals surface area (Å²) < 4.78 is 7.05. The minimum absolute atomic E-state index is 0.0387. The van der Waals surface area contributed by atoms with E-state index in [0.717, 1.165) is 5.39 Å². The molecule has 162 valence electrons. The molecule has 1 atom stereocenters. The number of nitrogens with one attached hydrogen (secondary N) is 1. The van der Waals surface area contributed by atoms with E-state index >= 15 is 0 Å². The maximum Gasteiger partial charge on any atom is 0.264 e. The largest absolute Gasteiger partial charge is 0.464 e. The van der Waals surface area contributed by atoms with E-state index in [9.17, 15) is 10.1 Å². The van der Waals surface area contributed by atoms with Crippen molar-refractivity contribution in [2.45, 2.75) is 13.0 Å². The van der Waals surface area contributed by atoms with Crippen molar-refractivity contribution >= 4 is 45.1 Å². The van der Waals surface area contributed by atoms with Gasteiger partial charge in [0, 0.05) is 16.8 Å². The van der Waals surface area contributed by atoms with Crippen molar-refractivity contribution in [2.24, 2.45) is 0 Å². The lowest BCUT2D eigenvalue weighted by atomic mass is 10.1. The number of nitrogen functional groups attached to an aromatic ring is 1. The van der Waals surface area contributed by atoms with Crippen molar-refractivity contribution in [1.82, 2.24) is 14.5 Å². The summed E-state index contributed by atoms with van der Waals surface area (Å²) in [6.07, 6.45) is 2.96. The molecule has 5 rings (SSSR count). The van der Waals surface area contributed by atoms with Crippen LogP contribution in [0.4, 0.5) is 11.8 Å². The van der Waals surface area contributed by atoms with Crippen LogP contribution in [0.3, 0.4) is 0 Å². The van der Waals surface area contributed by atoms with Crippen molar-refractivity contribution in [1.29, 1.82) is 5.26 Å². The van der Waals surface area contributed by atoms with Crippen LogP contribution in [0.1, 0.15) is 24.2 Å². The Morgan fingerprint density at radius 2 is 2.06 bits per heavy atom. The van der Waals surface area contributed by atoms with Crippen LogP contribution in [0.5, 0.6) is 0 Å². The summed E-state index contributed by atoms with van der Waals surface area (Å²) in [5, 5.41) is 15.0. The zero-order valence-corrected chi connectivity index (χ0v) is 18.2. The van der Waals surface area contributed by atoms with Gasteiger partial charge in [-0.15, -0.1) is 0 Å². The second-order valence-electron chi connectivity index (χ2n) is 7.52. The lowest BCUT2D eigenvalue weighted by Gasteiger charge is -2.22. The molecule has 0 radical (unpaired) electrons. The topological polar surface area (TPSA) is 123 Å². The van der Waals surface area contributed by atoms with Gasteiger partial charge in [0.05, 0.1) is 28.9 Å². The second kappa shape index (κ2) is 7.97. The molecule has 0 fully saturated rings. The van der Waals surface area contributed by atoms with Gasteiger partial charge in [0.25, 0.3) is 5.56 Å². The molecule has 0 aliphatic carbocycles. The van der Waals surface area contributed by atoms with Crippen molar-refractivity contribution < 1.29 is 4.42 Å². The molecule has 0 amide bonds. The van der Waals surface area contributed by atoms with E-state index in [-0.39, 0.29) is 22.9 Å². The summed E-state index contributed by atoms with van der Waals surface area (Å²) in [5.41, 5.74) is 7.73. The summed E-state index contributed by atoms with van der Waals surface area (Å²) in [6.45, 7) is 1.87. The number of rotatable bonds is 4. The zero-order chi connectivity index (χ0) is 23.1. The molecule has 0 saturated heterocycles. The molecule has 3 aromatic heterocycles. The average molecular weight is 457 g/mol. The minimum Gasteiger partial charge on any atom is -0.464 e. The summed E-state index contributed by atoms with van der Waals surface area (Å²) in [6, 6.07) is 16.2. The fourth-order valence-corrected chi connectivity index (χ4v) is 4.15.